The summed E-state index contributed by atoms with van der Waals surface area (Å²) in [5.74, 6) is 0. The molecule has 0 saturated carbocycles. The molecule has 0 bridgehead atoms. The van der Waals surface area contributed by atoms with Crippen LogP contribution >= 0.6 is 0 Å². The summed E-state index contributed by atoms with van der Waals surface area (Å²) < 4.78 is 0. The summed E-state index contributed by atoms with van der Waals surface area (Å²) in [6.45, 7) is 6.91. The molecule has 0 fully saturated rings. The van der Waals surface area contributed by atoms with Crippen LogP contribution in [-0.2, 0) is 19.3 Å². The first-order valence-electron chi connectivity index (χ1n) is 19.2. The summed E-state index contributed by atoms with van der Waals surface area (Å²) in [7, 11) is 0. The quantitative estimate of drug-likeness (QED) is 0.0931. The standard InChI is InChI=1S/C42H71N/c1-4-7-10-13-16-19-22-25-29-38-31-28-33-41(36-38)43-42-37-39(30-26-23-20-17-14-11-8-5-2)34-35-40(42)32-27-24-21-18-15-12-9-6-3/h28,31,33-37,43H,4-27,29-30,32H2,1-3H3. The minimum Gasteiger partial charge on any atom is -0.355 e. The molecule has 0 aliphatic heterocycles. The number of rotatable bonds is 29. The lowest BCUT2D eigenvalue weighted by atomic mass is 9.98. The van der Waals surface area contributed by atoms with Gasteiger partial charge < -0.3 is 5.32 Å². The maximum atomic E-state index is 3.89. The molecule has 0 amide bonds. The van der Waals surface area contributed by atoms with Crippen LogP contribution in [0.3, 0.4) is 0 Å². The molecule has 2 aromatic rings. The molecule has 0 aromatic heterocycles. The molecule has 2 aromatic carbocycles. The Balaban J connectivity index is 1.89. The maximum Gasteiger partial charge on any atom is 0.0419 e. The topological polar surface area (TPSA) is 12.0 Å². The fraction of sp³-hybridized carbons (Fsp3) is 0.714. The molecule has 0 aliphatic rings. The van der Waals surface area contributed by atoms with Gasteiger partial charge in [0.15, 0.2) is 0 Å². The van der Waals surface area contributed by atoms with Crippen molar-refractivity contribution in [2.75, 3.05) is 5.32 Å². The van der Waals surface area contributed by atoms with Gasteiger partial charge in [0.2, 0.25) is 0 Å². The summed E-state index contributed by atoms with van der Waals surface area (Å²) in [5, 5.41) is 3.89. The Bertz CT molecular complexity index is 900. The first kappa shape index (κ1) is 37.4. The van der Waals surface area contributed by atoms with Gasteiger partial charge in [-0.2, -0.15) is 0 Å². The summed E-state index contributed by atoms with van der Waals surface area (Å²) in [5.41, 5.74) is 7.10. The lowest BCUT2D eigenvalue weighted by Crippen LogP contribution is -2.00. The molecular formula is C42H71N. The lowest BCUT2D eigenvalue weighted by molar-refractivity contribution is 0.575. The molecule has 0 heterocycles. The second kappa shape index (κ2) is 26.6. The Morgan fingerprint density at radius 2 is 0.814 bits per heavy atom. The van der Waals surface area contributed by atoms with Gasteiger partial charge in [-0.15, -0.1) is 0 Å². The molecule has 0 atom stereocenters. The van der Waals surface area contributed by atoms with E-state index in [9.17, 15) is 0 Å². The summed E-state index contributed by atoms with van der Waals surface area (Å²) in [4.78, 5) is 0. The van der Waals surface area contributed by atoms with E-state index < -0.39 is 0 Å². The van der Waals surface area contributed by atoms with Crippen LogP contribution in [0.5, 0.6) is 0 Å². The molecule has 1 N–H and O–H groups in total. The zero-order valence-electron chi connectivity index (χ0n) is 29.1. The van der Waals surface area contributed by atoms with E-state index in [2.05, 4.69) is 68.6 Å². The largest absolute Gasteiger partial charge is 0.355 e. The number of unbranched alkanes of at least 4 members (excludes halogenated alkanes) is 21. The van der Waals surface area contributed by atoms with E-state index in [0.29, 0.717) is 0 Å². The molecule has 2 rings (SSSR count). The molecule has 1 heteroatoms. The van der Waals surface area contributed by atoms with E-state index in [4.69, 9.17) is 0 Å². The van der Waals surface area contributed by atoms with Crippen molar-refractivity contribution in [3.63, 3.8) is 0 Å². The van der Waals surface area contributed by atoms with Crippen molar-refractivity contribution < 1.29 is 0 Å². The van der Waals surface area contributed by atoms with Crippen LogP contribution in [0.25, 0.3) is 0 Å². The highest BCUT2D eigenvalue weighted by Gasteiger charge is 2.07. The van der Waals surface area contributed by atoms with Crippen LogP contribution in [-0.4, -0.2) is 0 Å². The normalized spacial score (nSPS) is 11.3. The third-order valence-corrected chi connectivity index (χ3v) is 9.32. The van der Waals surface area contributed by atoms with Crippen molar-refractivity contribution in [3.05, 3.63) is 59.2 Å². The highest BCUT2D eigenvalue weighted by molar-refractivity contribution is 5.64. The average molecular weight is 590 g/mol. The number of aryl methyl sites for hydroxylation is 3. The fourth-order valence-electron chi connectivity index (χ4n) is 6.45. The highest BCUT2D eigenvalue weighted by atomic mass is 14.9. The minimum absolute atomic E-state index is 1.19. The molecule has 0 radical (unpaired) electrons. The maximum absolute atomic E-state index is 3.89. The van der Waals surface area contributed by atoms with E-state index in [1.807, 2.05) is 0 Å². The molecule has 0 unspecified atom stereocenters. The van der Waals surface area contributed by atoms with E-state index in [1.54, 1.807) is 0 Å². The SMILES string of the molecule is CCCCCCCCCCc1cccc(Nc2cc(CCCCCCCCCC)ccc2CCCCCCCCCC)c1. The van der Waals surface area contributed by atoms with Gasteiger partial charge in [0, 0.05) is 11.4 Å². The van der Waals surface area contributed by atoms with Gasteiger partial charge in [0.25, 0.3) is 0 Å². The third kappa shape index (κ3) is 19.3. The number of hydrogen-bond donors (Lipinski definition) is 1. The van der Waals surface area contributed by atoms with E-state index >= 15 is 0 Å². The van der Waals surface area contributed by atoms with Crippen molar-refractivity contribution >= 4 is 11.4 Å². The van der Waals surface area contributed by atoms with Crippen LogP contribution in [0.1, 0.15) is 192 Å². The van der Waals surface area contributed by atoms with Crippen LogP contribution in [0.4, 0.5) is 11.4 Å². The summed E-state index contributed by atoms with van der Waals surface area (Å²) in [6, 6.07) is 16.6. The van der Waals surface area contributed by atoms with E-state index in [-0.39, 0.29) is 0 Å². The molecule has 0 aliphatic carbocycles. The van der Waals surface area contributed by atoms with Crippen LogP contribution in [0, 0.1) is 0 Å². The predicted octanol–water partition coefficient (Wildman–Crippen LogP) is 14.5. The number of benzene rings is 2. The first-order valence-corrected chi connectivity index (χ1v) is 19.2. The van der Waals surface area contributed by atoms with Gasteiger partial charge >= 0.3 is 0 Å². The zero-order valence-corrected chi connectivity index (χ0v) is 29.1. The van der Waals surface area contributed by atoms with E-state index in [1.165, 1.54) is 201 Å². The van der Waals surface area contributed by atoms with Gasteiger partial charge in [-0.25, -0.2) is 0 Å². The highest BCUT2D eigenvalue weighted by Crippen LogP contribution is 2.27. The van der Waals surface area contributed by atoms with Crippen molar-refractivity contribution in [1.29, 1.82) is 0 Å². The van der Waals surface area contributed by atoms with Gasteiger partial charge in [-0.3, -0.25) is 0 Å². The summed E-state index contributed by atoms with van der Waals surface area (Å²) >= 11 is 0. The minimum atomic E-state index is 1.19. The Morgan fingerprint density at radius 3 is 1.30 bits per heavy atom. The lowest BCUT2D eigenvalue weighted by Gasteiger charge is -2.15. The Hall–Kier alpha value is -1.76. The second-order valence-corrected chi connectivity index (χ2v) is 13.5. The van der Waals surface area contributed by atoms with Gasteiger partial charge in [0.05, 0.1) is 0 Å². The van der Waals surface area contributed by atoms with Crippen LogP contribution < -0.4 is 5.32 Å². The third-order valence-electron chi connectivity index (χ3n) is 9.32. The fourth-order valence-corrected chi connectivity index (χ4v) is 6.45. The van der Waals surface area contributed by atoms with Gasteiger partial charge in [0.1, 0.15) is 0 Å². The Labute approximate surface area is 269 Å². The predicted molar refractivity (Wildman–Crippen MR) is 195 cm³/mol. The Morgan fingerprint density at radius 1 is 0.395 bits per heavy atom. The van der Waals surface area contributed by atoms with Crippen molar-refractivity contribution in [3.8, 4) is 0 Å². The monoisotopic (exact) mass is 590 g/mol. The second-order valence-electron chi connectivity index (χ2n) is 13.5. The molecule has 244 valence electrons. The molecule has 1 nitrogen and oxygen atoms in total. The number of nitrogens with one attached hydrogen (secondary N) is 1. The van der Waals surface area contributed by atoms with E-state index in [0.717, 1.165) is 0 Å². The number of hydrogen-bond acceptors (Lipinski definition) is 1. The van der Waals surface area contributed by atoms with Crippen molar-refractivity contribution in [2.24, 2.45) is 0 Å². The van der Waals surface area contributed by atoms with Gasteiger partial charge in [-0.05, 0) is 73.4 Å². The molecule has 43 heavy (non-hydrogen) atoms. The Kier molecular flexibility index (Phi) is 23.2. The first-order chi connectivity index (χ1) is 21.3. The zero-order chi connectivity index (χ0) is 30.6. The smallest absolute Gasteiger partial charge is 0.0419 e. The molecular weight excluding hydrogens is 518 g/mol. The van der Waals surface area contributed by atoms with Crippen molar-refractivity contribution in [2.45, 2.75) is 194 Å². The van der Waals surface area contributed by atoms with Gasteiger partial charge in [-0.1, -0.05) is 180 Å². The number of anilines is 2. The van der Waals surface area contributed by atoms with Crippen LogP contribution in [0.2, 0.25) is 0 Å². The van der Waals surface area contributed by atoms with Crippen LogP contribution in [0.15, 0.2) is 42.5 Å². The molecule has 0 spiro atoms. The van der Waals surface area contributed by atoms with Crippen molar-refractivity contribution in [1.82, 2.24) is 0 Å². The summed E-state index contributed by atoms with van der Waals surface area (Å²) in [6.07, 6.45) is 36.8. The average Bonchev–Trinajstić information content (AvgIpc) is 3.02. The molecule has 0 saturated heterocycles.